The molecule has 0 unspecified atom stereocenters. The molecule has 0 fully saturated rings. The van der Waals surface area contributed by atoms with E-state index in [9.17, 15) is 4.79 Å². The molecule has 4 aromatic heterocycles. The van der Waals surface area contributed by atoms with Crippen LogP contribution >= 0.6 is 22.7 Å². The van der Waals surface area contributed by atoms with Gasteiger partial charge < -0.3 is 28.3 Å². The van der Waals surface area contributed by atoms with Gasteiger partial charge >= 0.3 is 0 Å². The normalized spacial score (nSPS) is 11.3. The van der Waals surface area contributed by atoms with Crippen molar-refractivity contribution in [3.8, 4) is 38.7 Å². The molecular formula is C29H27N5O6S2. The number of amides is 1. The van der Waals surface area contributed by atoms with Gasteiger partial charge in [-0.1, -0.05) is 12.1 Å². The zero-order chi connectivity index (χ0) is 29.2. The molecule has 0 bridgehead atoms. The zero-order valence-electron chi connectivity index (χ0n) is 23.3. The molecule has 0 aliphatic carbocycles. The quantitative estimate of drug-likeness (QED) is 0.185. The van der Waals surface area contributed by atoms with E-state index in [4.69, 9.17) is 28.3 Å². The average molecular weight is 606 g/mol. The Hall–Kier alpha value is -4.46. The Morgan fingerprint density at radius 1 is 1.10 bits per heavy atom. The standard InChI is InChI=1S/C29H27N5O6S2/c1-33(9-10-36-2)27(35)18-7-5-17(6-8-18)26-31-19(16-41-26)15-39-23-11-20(37-3)12-24-21(23)13-25(40-24)22-14-30-28-34(22)32-29(38-4)42-28/h5-8,11-14,16H,9-10,15H2,1-4H3. The molecule has 216 valence electrons. The molecule has 2 aromatic carbocycles. The molecule has 0 N–H and O–H groups in total. The third-order valence-electron chi connectivity index (χ3n) is 6.59. The molecule has 4 heterocycles. The van der Waals surface area contributed by atoms with Crippen LogP contribution in [0.15, 0.2) is 58.5 Å². The third kappa shape index (κ3) is 5.41. The molecule has 0 spiro atoms. The van der Waals surface area contributed by atoms with Gasteiger partial charge in [0.15, 0.2) is 5.76 Å². The molecule has 0 aliphatic rings. The second kappa shape index (κ2) is 11.8. The van der Waals surface area contributed by atoms with E-state index < -0.39 is 0 Å². The summed E-state index contributed by atoms with van der Waals surface area (Å²) in [6, 6.07) is 13.0. The van der Waals surface area contributed by atoms with Gasteiger partial charge in [-0.3, -0.25) is 4.79 Å². The second-order valence-electron chi connectivity index (χ2n) is 9.29. The van der Waals surface area contributed by atoms with Gasteiger partial charge in [0.25, 0.3) is 11.1 Å². The molecule has 0 radical (unpaired) electrons. The molecule has 11 nitrogen and oxygen atoms in total. The zero-order valence-corrected chi connectivity index (χ0v) is 25.0. The first kappa shape index (κ1) is 27.7. The number of hydrogen-bond donors (Lipinski definition) is 0. The minimum Gasteiger partial charge on any atom is -0.496 e. The molecule has 0 saturated carbocycles. The summed E-state index contributed by atoms with van der Waals surface area (Å²) < 4.78 is 29.9. The van der Waals surface area contributed by atoms with E-state index in [2.05, 4.69) is 10.1 Å². The van der Waals surface area contributed by atoms with Crippen LogP contribution in [0.1, 0.15) is 16.1 Å². The summed E-state index contributed by atoms with van der Waals surface area (Å²) in [5.74, 6) is 1.74. The summed E-state index contributed by atoms with van der Waals surface area (Å²) in [6.07, 6.45) is 1.71. The van der Waals surface area contributed by atoms with E-state index in [1.807, 2.05) is 47.8 Å². The van der Waals surface area contributed by atoms with Crippen LogP contribution in [0.5, 0.6) is 16.7 Å². The number of thiazole rings is 1. The van der Waals surface area contributed by atoms with Gasteiger partial charge in [-0.15, -0.1) is 16.4 Å². The molecule has 0 aliphatic heterocycles. The number of likely N-dealkylation sites (N-methyl/N-ethyl adjacent to an activating group) is 1. The molecule has 1 amide bonds. The van der Waals surface area contributed by atoms with Crippen molar-refractivity contribution in [3.63, 3.8) is 0 Å². The predicted octanol–water partition coefficient (Wildman–Crippen LogP) is 5.64. The van der Waals surface area contributed by atoms with Crippen LogP contribution in [0.2, 0.25) is 0 Å². The van der Waals surface area contributed by atoms with Gasteiger partial charge in [-0.05, 0) is 29.5 Å². The highest BCUT2D eigenvalue weighted by atomic mass is 32.1. The first-order chi connectivity index (χ1) is 20.5. The number of carbonyl (C=O) groups excluding carboxylic acids is 1. The highest BCUT2D eigenvalue weighted by Gasteiger charge is 2.19. The summed E-state index contributed by atoms with van der Waals surface area (Å²) in [4.78, 5) is 24.1. The van der Waals surface area contributed by atoms with E-state index >= 15 is 0 Å². The second-order valence-corrected chi connectivity index (χ2v) is 11.1. The van der Waals surface area contributed by atoms with Crippen molar-refractivity contribution in [1.29, 1.82) is 0 Å². The van der Waals surface area contributed by atoms with Gasteiger partial charge in [-0.2, -0.15) is 4.52 Å². The smallest absolute Gasteiger partial charge is 0.294 e. The molecular weight excluding hydrogens is 578 g/mol. The van der Waals surface area contributed by atoms with Crippen LogP contribution in [0.4, 0.5) is 0 Å². The van der Waals surface area contributed by atoms with Crippen molar-refractivity contribution in [1.82, 2.24) is 24.5 Å². The van der Waals surface area contributed by atoms with E-state index in [0.717, 1.165) is 21.7 Å². The summed E-state index contributed by atoms with van der Waals surface area (Å²) >= 11 is 2.86. The number of nitrogens with zero attached hydrogens (tertiary/aromatic N) is 5. The van der Waals surface area contributed by atoms with E-state index in [1.54, 1.807) is 44.0 Å². The lowest BCUT2D eigenvalue weighted by Gasteiger charge is -2.16. The number of imidazole rings is 1. The first-order valence-corrected chi connectivity index (χ1v) is 14.6. The number of hydrogen-bond acceptors (Lipinski definition) is 11. The topological polar surface area (TPSA) is 113 Å². The number of rotatable bonds is 11. The van der Waals surface area contributed by atoms with Crippen LogP contribution < -0.4 is 14.2 Å². The maximum Gasteiger partial charge on any atom is 0.294 e. The number of fused-ring (bicyclic) bond motifs is 2. The fourth-order valence-electron chi connectivity index (χ4n) is 4.33. The Morgan fingerprint density at radius 3 is 2.69 bits per heavy atom. The Morgan fingerprint density at radius 2 is 1.93 bits per heavy atom. The largest absolute Gasteiger partial charge is 0.496 e. The lowest BCUT2D eigenvalue weighted by molar-refractivity contribution is 0.0744. The minimum absolute atomic E-state index is 0.0530. The van der Waals surface area contributed by atoms with Gasteiger partial charge in [0, 0.05) is 49.3 Å². The van der Waals surface area contributed by atoms with Crippen molar-refractivity contribution >= 4 is 44.5 Å². The number of aromatic nitrogens is 4. The number of benzene rings is 2. The lowest BCUT2D eigenvalue weighted by Crippen LogP contribution is -2.29. The SMILES string of the molecule is COCCN(C)C(=O)c1ccc(-c2nc(COc3cc(OC)cc4oc(-c5cnc6sc(OC)nn56)cc34)cs2)cc1. The number of ether oxygens (including phenoxy) is 4. The van der Waals surface area contributed by atoms with Crippen molar-refractivity contribution in [2.24, 2.45) is 0 Å². The monoisotopic (exact) mass is 605 g/mol. The maximum absolute atomic E-state index is 12.6. The highest BCUT2D eigenvalue weighted by Crippen LogP contribution is 2.38. The van der Waals surface area contributed by atoms with Crippen molar-refractivity contribution in [2.75, 3.05) is 41.5 Å². The van der Waals surface area contributed by atoms with Crippen LogP contribution in [0.3, 0.4) is 0 Å². The first-order valence-electron chi connectivity index (χ1n) is 12.9. The maximum atomic E-state index is 12.6. The van der Waals surface area contributed by atoms with Crippen LogP contribution in [0, 0.1) is 0 Å². The predicted molar refractivity (Wildman–Crippen MR) is 160 cm³/mol. The molecule has 0 saturated heterocycles. The number of carbonyl (C=O) groups is 1. The molecule has 6 rings (SSSR count). The van der Waals surface area contributed by atoms with E-state index in [-0.39, 0.29) is 12.5 Å². The summed E-state index contributed by atoms with van der Waals surface area (Å²) in [6.45, 7) is 1.27. The van der Waals surface area contributed by atoms with Crippen molar-refractivity contribution < 1.29 is 28.2 Å². The molecule has 6 aromatic rings. The molecule has 0 atom stereocenters. The van der Waals surface area contributed by atoms with Crippen LogP contribution in [0.25, 0.3) is 38.0 Å². The van der Waals surface area contributed by atoms with Crippen molar-refractivity contribution in [2.45, 2.75) is 6.61 Å². The van der Waals surface area contributed by atoms with Gasteiger partial charge in [0.1, 0.15) is 34.4 Å². The van der Waals surface area contributed by atoms with Crippen molar-refractivity contribution in [3.05, 3.63) is 65.3 Å². The summed E-state index contributed by atoms with van der Waals surface area (Å²) in [7, 11) is 6.55. The average Bonchev–Trinajstić information content (AvgIpc) is 3.81. The van der Waals surface area contributed by atoms with Crippen LogP contribution in [-0.4, -0.2) is 71.9 Å². The van der Waals surface area contributed by atoms with Gasteiger partial charge in [-0.25, -0.2) is 9.97 Å². The van der Waals surface area contributed by atoms with Gasteiger partial charge in [0.05, 0.1) is 38.1 Å². The minimum atomic E-state index is -0.0530. The lowest BCUT2D eigenvalue weighted by atomic mass is 10.1. The van der Waals surface area contributed by atoms with E-state index in [1.165, 1.54) is 22.7 Å². The fourth-order valence-corrected chi connectivity index (χ4v) is 5.84. The number of furan rings is 1. The highest BCUT2D eigenvalue weighted by molar-refractivity contribution is 7.18. The summed E-state index contributed by atoms with van der Waals surface area (Å²) in [5, 5.41) is 8.53. The summed E-state index contributed by atoms with van der Waals surface area (Å²) in [5.41, 5.74) is 3.63. The Labute approximate surface area is 248 Å². The fraction of sp³-hybridized carbons (Fsp3) is 0.241. The van der Waals surface area contributed by atoms with Crippen LogP contribution in [-0.2, 0) is 11.3 Å². The third-order valence-corrected chi connectivity index (χ3v) is 8.41. The number of methoxy groups -OCH3 is 3. The Kier molecular flexibility index (Phi) is 7.78. The molecule has 13 heteroatoms. The Balaban J connectivity index is 1.20. The van der Waals surface area contributed by atoms with Gasteiger partial charge in [0.2, 0.25) is 4.96 Å². The molecule has 42 heavy (non-hydrogen) atoms. The van der Waals surface area contributed by atoms with E-state index in [0.29, 0.717) is 57.4 Å². The Bertz CT molecular complexity index is 1860.